The van der Waals surface area contributed by atoms with Crippen LogP contribution in [0.15, 0.2) is 22.6 Å². The molecule has 5 nitrogen and oxygen atoms in total. The van der Waals surface area contributed by atoms with E-state index in [-0.39, 0.29) is 37.7 Å². The Morgan fingerprint density at radius 2 is 1.25 bits per heavy atom. The molecule has 0 atom stereocenters. The van der Waals surface area contributed by atoms with Crippen LogP contribution >= 0.6 is 125 Å². The molecule has 4 rings (SSSR count). The normalized spacial score (nSPS) is 11.5. The Morgan fingerprint density at radius 1 is 0.781 bits per heavy atom. The van der Waals surface area contributed by atoms with Crippen LogP contribution < -0.4 is 0 Å². The molecule has 3 aromatic carbocycles. The fraction of sp³-hybridized carbons (Fsp3) is 0. The smallest absolute Gasteiger partial charge is 0.378 e. The minimum Gasteiger partial charge on any atom is -0.505 e. The summed E-state index contributed by atoms with van der Waals surface area (Å²) in [5.74, 6) is -1.25. The molecule has 0 amide bonds. The molecule has 0 spiro atoms. The minimum absolute atomic E-state index is 0.00987. The van der Waals surface area contributed by atoms with Crippen molar-refractivity contribution in [2.45, 2.75) is 0 Å². The molecule has 0 bridgehead atoms. The largest absolute Gasteiger partial charge is 0.505 e. The van der Waals surface area contributed by atoms with Crippen molar-refractivity contribution in [2.75, 3.05) is 0 Å². The number of hydrogen-bond donors (Lipinski definition) is 3. The molecule has 0 saturated carbocycles. The van der Waals surface area contributed by atoms with E-state index in [2.05, 4.69) is 0 Å². The SMILES string of the molecule is O=C(O)c1c(Cl)c(Cl)cc(Cl)c1-c1c2cc(I)c(O)c(I)c2[o+]c2c(I)c(O)c(I)cc12. The molecule has 0 radical (unpaired) electrons. The predicted molar refractivity (Wildman–Crippen MR) is 160 cm³/mol. The molecule has 3 N–H and O–H groups in total. The Bertz CT molecular complexity index is 1440. The van der Waals surface area contributed by atoms with Crippen molar-refractivity contribution in [3.05, 3.63) is 53.1 Å². The van der Waals surface area contributed by atoms with E-state index in [1.165, 1.54) is 6.07 Å². The maximum atomic E-state index is 12.3. The third kappa shape index (κ3) is 4.00. The van der Waals surface area contributed by atoms with E-state index in [0.717, 1.165) is 0 Å². The first-order valence-electron chi connectivity index (χ1n) is 8.34. The van der Waals surface area contributed by atoms with Crippen molar-refractivity contribution in [2.24, 2.45) is 0 Å². The van der Waals surface area contributed by atoms with Crippen LogP contribution in [0.2, 0.25) is 15.1 Å². The highest BCUT2D eigenvalue weighted by molar-refractivity contribution is 14.1. The summed E-state index contributed by atoms with van der Waals surface area (Å²) in [6.45, 7) is 0. The molecular weight excluding hydrogens is 934 g/mol. The zero-order valence-electron chi connectivity index (χ0n) is 15.0. The van der Waals surface area contributed by atoms with E-state index in [9.17, 15) is 20.1 Å². The number of aromatic hydroxyl groups is 2. The van der Waals surface area contributed by atoms with Gasteiger partial charge in [-0.05, 0) is 109 Å². The van der Waals surface area contributed by atoms with E-state index < -0.39 is 5.97 Å². The quantitative estimate of drug-likeness (QED) is 0.0809. The van der Waals surface area contributed by atoms with Crippen LogP contribution in [-0.4, -0.2) is 21.3 Å². The molecule has 0 unspecified atom stereocenters. The van der Waals surface area contributed by atoms with Gasteiger partial charge in [-0.25, -0.2) is 9.21 Å². The van der Waals surface area contributed by atoms with Crippen LogP contribution in [0.25, 0.3) is 33.1 Å². The summed E-state index contributed by atoms with van der Waals surface area (Å²) >= 11 is 26.9. The summed E-state index contributed by atoms with van der Waals surface area (Å²) in [6, 6.07) is 4.76. The molecule has 0 fully saturated rings. The summed E-state index contributed by atoms with van der Waals surface area (Å²) in [5.41, 5.74) is 0.961. The second kappa shape index (κ2) is 9.33. The lowest BCUT2D eigenvalue weighted by molar-refractivity contribution is 0.0698. The summed E-state index contributed by atoms with van der Waals surface area (Å²) in [6.07, 6.45) is 0. The maximum Gasteiger partial charge on any atom is 0.378 e. The van der Waals surface area contributed by atoms with Gasteiger partial charge in [0.1, 0.15) is 0 Å². The number of rotatable bonds is 2. The monoisotopic (exact) mass is 939 g/mol. The van der Waals surface area contributed by atoms with Crippen LogP contribution in [-0.2, 0) is 0 Å². The molecular formula is C20H6Cl3I4O5+. The van der Waals surface area contributed by atoms with Gasteiger partial charge in [0.25, 0.3) is 0 Å². The number of aromatic carboxylic acids is 1. The Balaban J connectivity index is 2.41. The number of hydrogen-bond acceptors (Lipinski definition) is 3. The number of halogens is 7. The Labute approximate surface area is 250 Å². The molecule has 32 heavy (non-hydrogen) atoms. The highest BCUT2D eigenvalue weighted by atomic mass is 127. The summed E-state index contributed by atoms with van der Waals surface area (Å²) in [5, 5.41) is 32.0. The van der Waals surface area contributed by atoms with Crippen LogP contribution in [0.3, 0.4) is 0 Å². The highest BCUT2D eigenvalue weighted by Gasteiger charge is 2.33. The third-order valence-electron chi connectivity index (χ3n) is 4.68. The van der Waals surface area contributed by atoms with Gasteiger partial charge in [-0.1, -0.05) is 34.8 Å². The third-order valence-corrected chi connectivity index (χ3v) is 9.41. The Hall–Kier alpha value is 0.190. The molecule has 1 heterocycles. The Morgan fingerprint density at radius 3 is 1.69 bits per heavy atom. The van der Waals surface area contributed by atoms with Gasteiger partial charge in [0.05, 0.1) is 38.5 Å². The van der Waals surface area contributed by atoms with Gasteiger partial charge in [0, 0.05) is 11.1 Å². The maximum absolute atomic E-state index is 12.3. The fourth-order valence-electron chi connectivity index (χ4n) is 3.31. The summed E-state index contributed by atoms with van der Waals surface area (Å²) in [4.78, 5) is 12.3. The number of phenolic OH excluding ortho intramolecular Hbond substituents is 2. The predicted octanol–water partition coefficient (Wildman–Crippen LogP) is 9.02. The van der Waals surface area contributed by atoms with Crippen molar-refractivity contribution in [3.8, 4) is 22.6 Å². The van der Waals surface area contributed by atoms with Crippen molar-refractivity contribution in [3.63, 3.8) is 0 Å². The molecule has 164 valence electrons. The molecule has 0 saturated heterocycles. The summed E-state index contributed by atoms with van der Waals surface area (Å²) in [7, 11) is 0. The number of carbonyl (C=O) groups is 1. The lowest BCUT2D eigenvalue weighted by Crippen LogP contribution is -2.04. The number of phenols is 2. The molecule has 12 heteroatoms. The number of benzene rings is 3. The second-order valence-electron chi connectivity index (χ2n) is 6.48. The zero-order valence-corrected chi connectivity index (χ0v) is 25.9. The minimum atomic E-state index is -1.30. The summed E-state index contributed by atoms with van der Waals surface area (Å²) < 4.78 is 8.06. The Kier molecular flexibility index (Phi) is 7.38. The molecule has 0 aliphatic heterocycles. The van der Waals surface area contributed by atoms with Crippen molar-refractivity contribution in [1.82, 2.24) is 0 Å². The van der Waals surface area contributed by atoms with Gasteiger partial charge >= 0.3 is 17.1 Å². The van der Waals surface area contributed by atoms with E-state index in [1.807, 2.05) is 90.4 Å². The van der Waals surface area contributed by atoms with Crippen LogP contribution in [0.5, 0.6) is 11.5 Å². The van der Waals surface area contributed by atoms with Crippen LogP contribution in [0.1, 0.15) is 10.4 Å². The average Bonchev–Trinajstić information content (AvgIpc) is 2.72. The van der Waals surface area contributed by atoms with Crippen molar-refractivity contribution in [1.29, 1.82) is 0 Å². The molecule has 0 aliphatic rings. The standard InChI is InChI=1S/C20H5Cl3I4O5/c21-6-3-7(22)13(23)12(20(30)31)11(6)10-4-1-8(24)16(28)14(26)18(4)32-19-5(10)2-9(25)17(29)15(19)27/h1-3H,(H2-,28,29,30,31)/p+1. The van der Waals surface area contributed by atoms with Gasteiger partial charge in [0.2, 0.25) is 0 Å². The number of fused-ring (bicyclic) bond motifs is 2. The topological polar surface area (TPSA) is 89.1 Å². The van der Waals surface area contributed by atoms with Gasteiger partial charge < -0.3 is 15.3 Å². The van der Waals surface area contributed by atoms with Crippen LogP contribution in [0, 0.1) is 14.3 Å². The van der Waals surface area contributed by atoms with Crippen molar-refractivity contribution < 1.29 is 24.5 Å². The first kappa shape index (κ1) is 25.3. The van der Waals surface area contributed by atoms with E-state index in [4.69, 9.17) is 39.2 Å². The van der Waals surface area contributed by atoms with Gasteiger partial charge in [-0.2, -0.15) is 0 Å². The average molecular weight is 940 g/mol. The number of carboxylic acids is 1. The molecule has 0 aliphatic carbocycles. The van der Waals surface area contributed by atoms with Crippen molar-refractivity contribution >= 4 is 153 Å². The molecule has 4 aromatic rings. The lowest BCUT2D eigenvalue weighted by atomic mass is 9.93. The van der Waals surface area contributed by atoms with E-state index in [0.29, 0.717) is 41.8 Å². The first-order valence-corrected chi connectivity index (χ1v) is 13.8. The van der Waals surface area contributed by atoms with E-state index in [1.54, 1.807) is 12.1 Å². The van der Waals surface area contributed by atoms with Gasteiger partial charge in [-0.3, -0.25) is 0 Å². The van der Waals surface area contributed by atoms with Crippen LogP contribution in [0.4, 0.5) is 0 Å². The number of carboxylic acid groups (broad SMARTS) is 1. The fourth-order valence-corrected chi connectivity index (χ4v) is 7.67. The molecule has 1 aromatic heterocycles. The van der Waals surface area contributed by atoms with E-state index >= 15 is 0 Å². The highest BCUT2D eigenvalue weighted by Crippen LogP contribution is 2.49. The zero-order chi connectivity index (χ0) is 23.6. The van der Waals surface area contributed by atoms with Gasteiger partial charge in [-0.15, -0.1) is 0 Å². The second-order valence-corrected chi connectivity index (χ2v) is 12.2. The lowest BCUT2D eigenvalue weighted by Gasteiger charge is -2.15. The van der Waals surface area contributed by atoms with Gasteiger partial charge in [0.15, 0.2) is 18.6 Å². The first-order chi connectivity index (χ1) is 15.0.